The Labute approximate surface area is 290 Å². The number of H-pyrrole nitrogens is 1. The highest BCUT2D eigenvalue weighted by Crippen LogP contribution is 2.19. The minimum atomic E-state index is -1.81. The fourth-order valence-electron chi connectivity index (χ4n) is 4.91. The summed E-state index contributed by atoms with van der Waals surface area (Å²) in [5.41, 5.74) is 8.17. The summed E-state index contributed by atoms with van der Waals surface area (Å²) in [6.07, 6.45) is -0.281. The lowest BCUT2D eigenvalue weighted by Gasteiger charge is -2.26. The van der Waals surface area contributed by atoms with Gasteiger partial charge in [0.15, 0.2) is 0 Å². The third-order valence-electron chi connectivity index (χ3n) is 7.55. The number of carbonyl (C=O) groups is 7. The monoisotopic (exact) mass is 714 g/mol. The molecule has 11 N–H and O–H groups in total. The summed E-state index contributed by atoms with van der Waals surface area (Å²) in [6.45, 7) is 0. The average Bonchev–Trinajstić information content (AvgIpc) is 3.47. The summed E-state index contributed by atoms with van der Waals surface area (Å²) >= 11 is 4.04. The molecule has 1 aromatic heterocycles. The highest BCUT2D eigenvalue weighted by molar-refractivity contribution is 7.80. The predicted molar refractivity (Wildman–Crippen MR) is 180 cm³/mol. The molecule has 18 heteroatoms. The molecule has 0 saturated carbocycles. The van der Waals surface area contributed by atoms with Gasteiger partial charge in [0.1, 0.15) is 29.9 Å². The van der Waals surface area contributed by atoms with Gasteiger partial charge in [-0.25, -0.2) is 4.79 Å². The highest BCUT2D eigenvalue weighted by atomic mass is 32.1. The van der Waals surface area contributed by atoms with Crippen LogP contribution in [0.5, 0.6) is 5.75 Å². The zero-order valence-corrected chi connectivity index (χ0v) is 27.4. The molecule has 0 aliphatic rings. The zero-order valence-electron chi connectivity index (χ0n) is 26.5. The van der Waals surface area contributed by atoms with E-state index in [1.165, 1.54) is 24.3 Å². The number of aromatic hydroxyl groups is 1. The van der Waals surface area contributed by atoms with Crippen LogP contribution in [0.25, 0.3) is 10.9 Å². The van der Waals surface area contributed by atoms with Gasteiger partial charge in [0.05, 0.1) is 12.5 Å². The number of carbonyl (C=O) groups excluding carboxylic acids is 4. The number of rotatable bonds is 19. The average molecular weight is 715 g/mol. The lowest BCUT2D eigenvalue weighted by molar-refractivity contribution is -0.147. The lowest BCUT2D eigenvalue weighted by atomic mass is 10.0. The number of phenols is 1. The second kappa shape index (κ2) is 18.2. The molecule has 268 valence electrons. The number of aromatic nitrogens is 1. The Balaban J connectivity index is 1.80. The quantitative estimate of drug-likeness (QED) is 0.0686. The Bertz CT molecular complexity index is 1710. The van der Waals surface area contributed by atoms with E-state index >= 15 is 0 Å². The van der Waals surface area contributed by atoms with Crippen LogP contribution in [0.1, 0.15) is 30.4 Å². The van der Waals surface area contributed by atoms with E-state index in [1.807, 2.05) is 29.6 Å². The van der Waals surface area contributed by atoms with Crippen molar-refractivity contribution in [2.24, 2.45) is 5.73 Å². The molecule has 3 rings (SSSR count). The summed E-state index contributed by atoms with van der Waals surface area (Å²) in [6, 6.07) is 5.57. The lowest BCUT2D eigenvalue weighted by Crippen LogP contribution is -2.59. The van der Waals surface area contributed by atoms with Crippen LogP contribution in [0.3, 0.4) is 0 Å². The van der Waals surface area contributed by atoms with Crippen molar-refractivity contribution in [2.45, 2.75) is 62.3 Å². The molecule has 3 aromatic rings. The Kier molecular flexibility index (Phi) is 14.2. The molecule has 17 nitrogen and oxygen atoms in total. The van der Waals surface area contributed by atoms with Crippen LogP contribution in [-0.4, -0.2) is 103 Å². The summed E-state index contributed by atoms with van der Waals surface area (Å²) in [7, 11) is 0. The van der Waals surface area contributed by atoms with Crippen LogP contribution in [0.2, 0.25) is 0 Å². The summed E-state index contributed by atoms with van der Waals surface area (Å²) in [5.74, 6) is -8.55. The smallest absolute Gasteiger partial charge is 0.326 e. The van der Waals surface area contributed by atoms with E-state index in [2.05, 4.69) is 33.6 Å². The van der Waals surface area contributed by atoms with Crippen molar-refractivity contribution in [1.29, 1.82) is 0 Å². The van der Waals surface area contributed by atoms with Gasteiger partial charge in [-0.2, -0.15) is 12.6 Å². The first-order valence-corrected chi connectivity index (χ1v) is 15.9. The molecule has 0 fully saturated rings. The van der Waals surface area contributed by atoms with Crippen LogP contribution in [0, 0.1) is 0 Å². The first-order chi connectivity index (χ1) is 23.7. The number of thiol groups is 1. The Morgan fingerprint density at radius 1 is 0.720 bits per heavy atom. The molecule has 0 radical (unpaired) electrons. The van der Waals surface area contributed by atoms with Crippen molar-refractivity contribution in [1.82, 2.24) is 26.3 Å². The van der Waals surface area contributed by atoms with Gasteiger partial charge in [-0.05, 0) is 42.2 Å². The molecule has 0 bridgehead atoms. The normalized spacial score (nSPS) is 14.0. The number of aliphatic carboxylic acids is 3. The Morgan fingerprint density at radius 3 is 1.92 bits per heavy atom. The molecular weight excluding hydrogens is 676 g/mol. The first-order valence-electron chi connectivity index (χ1n) is 15.3. The Morgan fingerprint density at radius 2 is 1.30 bits per heavy atom. The molecule has 4 amide bonds. The number of amides is 4. The molecule has 5 unspecified atom stereocenters. The fourth-order valence-corrected chi connectivity index (χ4v) is 5.17. The van der Waals surface area contributed by atoms with E-state index < -0.39 is 84.6 Å². The third-order valence-corrected chi connectivity index (χ3v) is 7.91. The zero-order chi connectivity index (χ0) is 37.0. The number of fused-ring (bicyclic) bond motifs is 1. The van der Waals surface area contributed by atoms with Gasteiger partial charge in [0.2, 0.25) is 23.6 Å². The maximum absolute atomic E-state index is 13.6. The van der Waals surface area contributed by atoms with Crippen LogP contribution in [-0.2, 0) is 46.4 Å². The van der Waals surface area contributed by atoms with Crippen LogP contribution >= 0.6 is 12.6 Å². The number of nitrogens with one attached hydrogen (secondary N) is 5. The molecule has 1 heterocycles. The second-order valence-corrected chi connectivity index (χ2v) is 11.7. The molecule has 5 atom stereocenters. The summed E-state index contributed by atoms with van der Waals surface area (Å²) in [4.78, 5) is 90.0. The molecular formula is C32H38N6O11S. The minimum Gasteiger partial charge on any atom is -0.508 e. The number of phenolic OH excluding ortho intramolecular Hbond substituents is 1. The van der Waals surface area contributed by atoms with Crippen molar-refractivity contribution < 1.29 is 54.0 Å². The van der Waals surface area contributed by atoms with Gasteiger partial charge < -0.3 is 52.4 Å². The van der Waals surface area contributed by atoms with Crippen molar-refractivity contribution in [2.75, 3.05) is 5.75 Å². The number of para-hydroxylation sites is 1. The van der Waals surface area contributed by atoms with E-state index in [0.29, 0.717) is 5.56 Å². The van der Waals surface area contributed by atoms with E-state index in [4.69, 9.17) is 10.8 Å². The van der Waals surface area contributed by atoms with Gasteiger partial charge in [-0.1, -0.05) is 30.3 Å². The second-order valence-electron chi connectivity index (χ2n) is 11.3. The van der Waals surface area contributed by atoms with E-state index in [0.717, 1.165) is 16.5 Å². The van der Waals surface area contributed by atoms with Crippen LogP contribution in [0.15, 0.2) is 54.7 Å². The predicted octanol–water partition coefficient (Wildman–Crippen LogP) is -0.721. The maximum Gasteiger partial charge on any atom is 0.326 e. The third kappa shape index (κ3) is 11.5. The van der Waals surface area contributed by atoms with E-state index in [9.17, 15) is 48.9 Å². The Hall–Kier alpha value is -5.62. The number of nitrogens with two attached hydrogens (primary N) is 1. The van der Waals surface area contributed by atoms with E-state index in [-0.39, 0.29) is 30.8 Å². The maximum atomic E-state index is 13.6. The molecule has 50 heavy (non-hydrogen) atoms. The number of benzene rings is 2. The number of hydrogen-bond acceptors (Lipinski definition) is 10. The fraction of sp³-hybridized carbons (Fsp3) is 0.344. The van der Waals surface area contributed by atoms with Gasteiger partial charge in [-0.3, -0.25) is 28.8 Å². The summed E-state index contributed by atoms with van der Waals surface area (Å²) < 4.78 is 0. The first kappa shape index (κ1) is 38.8. The van der Waals surface area contributed by atoms with Crippen molar-refractivity contribution >= 4 is 65.1 Å². The highest BCUT2D eigenvalue weighted by Gasteiger charge is 2.32. The number of carboxylic acids is 3. The molecule has 0 saturated heterocycles. The largest absolute Gasteiger partial charge is 0.508 e. The van der Waals surface area contributed by atoms with Gasteiger partial charge >= 0.3 is 17.9 Å². The van der Waals surface area contributed by atoms with Gasteiger partial charge in [0, 0.05) is 35.7 Å². The topological polar surface area (TPSA) is 290 Å². The van der Waals surface area contributed by atoms with Crippen molar-refractivity contribution in [3.05, 3.63) is 65.9 Å². The van der Waals surface area contributed by atoms with E-state index in [1.54, 1.807) is 6.20 Å². The molecule has 0 aliphatic heterocycles. The molecule has 0 spiro atoms. The van der Waals surface area contributed by atoms with Crippen molar-refractivity contribution in [3.63, 3.8) is 0 Å². The number of carboxylic acid groups (broad SMARTS) is 3. The number of aromatic amines is 1. The van der Waals surface area contributed by atoms with Gasteiger partial charge in [-0.15, -0.1) is 0 Å². The van der Waals surface area contributed by atoms with Gasteiger partial charge in [0.25, 0.3) is 0 Å². The molecule has 2 aromatic carbocycles. The standard InChI is InChI=1S/C32H38N6O11S/c33-20(12-17-14-34-21-4-2-1-3-19(17)21)28(44)35-22(9-10-26(40)41)29(45)36-23(11-16-5-7-18(39)8-6-16)30(46)38-25(15-50)31(47)37-24(32(48)49)13-27(42)43/h1-8,14,20,22-25,34,39,50H,9-13,15,33H2,(H,35,44)(H,36,45)(H,37,47)(H,38,46)(H,40,41)(H,42,43)(H,48,49). The SMILES string of the molecule is NC(Cc1c[nH]c2ccccc12)C(=O)NC(CCC(=O)O)C(=O)NC(Cc1ccc(O)cc1)C(=O)NC(CS)C(=O)NC(CC(=O)O)C(=O)O. The molecule has 0 aliphatic carbocycles. The van der Waals surface area contributed by atoms with Crippen molar-refractivity contribution in [3.8, 4) is 5.75 Å². The van der Waals surface area contributed by atoms with Crippen LogP contribution in [0.4, 0.5) is 0 Å². The summed E-state index contributed by atoms with van der Waals surface area (Å²) in [5, 5.41) is 47.4. The minimum absolute atomic E-state index is 0.0807. The van der Waals surface area contributed by atoms with Crippen LogP contribution < -0.4 is 27.0 Å². The number of hydrogen-bond donors (Lipinski definition) is 11.